The summed E-state index contributed by atoms with van der Waals surface area (Å²) in [6, 6.07) is 2.26. The fourth-order valence-corrected chi connectivity index (χ4v) is 1.14. The van der Waals surface area contributed by atoms with Gasteiger partial charge in [-0.2, -0.15) is 13.2 Å². The highest BCUT2D eigenvalue weighted by Gasteiger charge is 2.26. The van der Waals surface area contributed by atoms with E-state index in [1.807, 2.05) is 0 Å². The monoisotopic (exact) mass is 268 g/mol. The lowest BCUT2D eigenvalue weighted by atomic mass is 10.1. The molecule has 0 radical (unpaired) electrons. The molecule has 1 aromatic carbocycles. The molecule has 0 bridgehead atoms. The average molecular weight is 268 g/mol. The summed E-state index contributed by atoms with van der Waals surface area (Å²) in [5.74, 6) is -2.66. The van der Waals surface area contributed by atoms with E-state index in [9.17, 15) is 26.7 Å². The van der Waals surface area contributed by atoms with Gasteiger partial charge in [0.15, 0.2) is 5.78 Å². The van der Waals surface area contributed by atoms with E-state index >= 15 is 0 Å². The normalized spacial score (nSPS) is 11.6. The molecule has 7 heteroatoms. The molecule has 0 aliphatic carbocycles. The van der Waals surface area contributed by atoms with Crippen molar-refractivity contribution in [2.45, 2.75) is 12.6 Å². The van der Waals surface area contributed by atoms with Crippen LogP contribution in [0.25, 0.3) is 0 Å². The number of hydrogen-bond donors (Lipinski definition) is 0. The van der Waals surface area contributed by atoms with Gasteiger partial charge in [0, 0.05) is 0 Å². The van der Waals surface area contributed by atoms with Gasteiger partial charge in [-0.1, -0.05) is 0 Å². The van der Waals surface area contributed by atoms with Gasteiger partial charge in [-0.3, -0.25) is 4.79 Å². The summed E-state index contributed by atoms with van der Waals surface area (Å²) >= 11 is 0. The summed E-state index contributed by atoms with van der Waals surface area (Å²) in [7, 11) is 0. The van der Waals surface area contributed by atoms with Crippen LogP contribution in [0.2, 0.25) is 0 Å². The van der Waals surface area contributed by atoms with E-state index in [0.29, 0.717) is 6.07 Å². The maximum absolute atomic E-state index is 13.1. The van der Waals surface area contributed by atoms with Gasteiger partial charge in [-0.15, -0.1) is 0 Å². The molecule has 0 N–H and O–H groups in total. The third-order valence-corrected chi connectivity index (χ3v) is 1.99. The van der Waals surface area contributed by atoms with Gasteiger partial charge in [0.2, 0.25) is 0 Å². The fraction of sp³-hybridized carbons (Fsp3) is 0.364. The Morgan fingerprint density at radius 2 is 1.89 bits per heavy atom. The van der Waals surface area contributed by atoms with E-state index in [-0.39, 0.29) is 0 Å². The number of ketones is 1. The zero-order valence-electron chi connectivity index (χ0n) is 9.06. The zero-order valence-corrected chi connectivity index (χ0v) is 9.06. The minimum atomic E-state index is -4.38. The Morgan fingerprint density at radius 3 is 2.50 bits per heavy atom. The Labute approximate surface area is 99.4 Å². The van der Waals surface area contributed by atoms with E-state index in [1.54, 1.807) is 0 Å². The lowest BCUT2D eigenvalue weighted by molar-refractivity contribution is -0.144. The molecule has 0 atom stereocenters. The molecule has 0 saturated heterocycles. The van der Waals surface area contributed by atoms with Crippen molar-refractivity contribution in [1.82, 2.24) is 0 Å². The van der Waals surface area contributed by atoms with Crippen LogP contribution < -0.4 is 0 Å². The van der Waals surface area contributed by atoms with Gasteiger partial charge < -0.3 is 4.74 Å². The Balaban J connectivity index is 2.48. The predicted molar refractivity (Wildman–Crippen MR) is 52.2 cm³/mol. The second-order valence-corrected chi connectivity index (χ2v) is 3.47. The van der Waals surface area contributed by atoms with Gasteiger partial charge in [-0.05, 0) is 18.2 Å². The van der Waals surface area contributed by atoms with E-state index in [4.69, 9.17) is 0 Å². The summed E-state index contributed by atoms with van der Waals surface area (Å²) < 4.78 is 65.5. The Kier molecular flexibility index (Phi) is 4.77. The molecular formula is C11H9F5O2. The van der Waals surface area contributed by atoms with Gasteiger partial charge in [-0.25, -0.2) is 8.78 Å². The number of ether oxygens (including phenoxy) is 1. The Hall–Kier alpha value is -1.50. The van der Waals surface area contributed by atoms with Crippen molar-refractivity contribution < 1.29 is 31.5 Å². The Morgan fingerprint density at radius 1 is 1.22 bits per heavy atom. The van der Waals surface area contributed by atoms with Crippen molar-refractivity contribution in [3.63, 3.8) is 0 Å². The summed E-state index contributed by atoms with van der Waals surface area (Å²) in [6.07, 6.45) is -5.58. The van der Waals surface area contributed by atoms with Gasteiger partial charge >= 0.3 is 6.18 Å². The Bertz CT molecular complexity index is 428. The van der Waals surface area contributed by atoms with Crippen LogP contribution in [-0.4, -0.2) is 25.2 Å². The number of carbonyl (C=O) groups is 1. The third kappa shape index (κ3) is 4.79. The van der Waals surface area contributed by atoms with Gasteiger partial charge in [0.05, 0.1) is 18.6 Å². The molecule has 1 rings (SSSR count). The smallest absolute Gasteiger partial charge is 0.373 e. The van der Waals surface area contributed by atoms with E-state index in [0.717, 1.165) is 12.1 Å². The van der Waals surface area contributed by atoms with E-state index in [2.05, 4.69) is 4.74 Å². The highest BCUT2D eigenvalue weighted by Crippen LogP contribution is 2.19. The molecule has 0 aromatic heterocycles. The lowest BCUT2D eigenvalue weighted by Gasteiger charge is -2.07. The summed E-state index contributed by atoms with van der Waals surface area (Å²) in [4.78, 5) is 11.3. The molecule has 0 fully saturated rings. The number of hydrogen-bond acceptors (Lipinski definition) is 2. The van der Waals surface area contributed by atoms with Crippen LogP contribution in [0.4, 0.5) is 22.0 Å². The summed E-state index contributed by atoms with van der Waals surface area (Å²) in [6.45, 7) is -1.43. The minimum absolute atomic E-state index is 0.540. The molecule has 2 nitrogen and oxygen atoms in total. The molecule has 0 aliphatic rings. The molecule has 0 amide bonds. The topological polar surface area (TPSA) is 26.3 Å². The van der Waals surface area contributed by atoms with Crippen molar-refractivity contribution in [1.29, 1.82) is 0 Å². The molecule has 1 aromatic rings. The fourth-order valence-electron chi connectivity index (χ4n) is 1.14. The largest absolute Gasteiger partial charge is 0.391 e. The second kappa shape index (κ2) is 5.90. The highest BCUT2D eigenvalue weighted by molar-refractivity contribution is 5.97. The van der Waals surface area contributed by atoms with Crippen LogP contribution >= 0.6 is 0 Å². The standard InChI is InChI=1S/C11H9F5O2/c12-7-1-2-9(13)8(5-7)10(17)6-18-4-3-11(14,15)16/h1-2,5H,3-4,6H2. The maximum Gasteiger partial charge on any atom is 0.391 e. The van der Waals surface area contributed by atoms with Crippen LogP contribution in [0.5, 0.6) is 0 Å². The first-order valence-electron chi connectivity index (χ1n) is 4.92. The van der Waals surface area contributed by atoms with E-state index in [1.165, 1.54) is 0 Å². The van der Waals surface area contributed by atoms with Gasteiger partial charge in [0.25, 0.3) is 0 Å². The number of benzene rings is 1. The summed E-state index contributed by atoms with van der Waals surface area (Å²) in [5, 5.41) is 0. The first kappa shape index (κ1) is 14.6. The molecule has 100 valence electrons. The molecule has 0 aliphatic heterocycles. The van der Waals surface area contributed by atoms with Crippen LogP contribution in [0.15, 0.2) is 18.2 Å². The van der Waals surface area contributed by atoms with Crippen molar-refractivity contribution >= 4 is 5.78 Å². The number of carbonyl (C=O) groups excluding carboxylic acids is 1. The second-order valence-electron chi connectivity index (χ2n) is 3.47. The van der Waals surface area contributed by atoms with Crippen molar-refractivity contribution in [3.8, 4) is 0 Å². The maximum atomic E-state index is 13.1. The average Bonchev–Trinajstić information content (AvgIpc) is 2.26. The lowest BCUT2D eigenvalue weighted by Crippen LogP contribution is -2.16. The molecule has 18 heavy (non-hydrogen) atoms. The van der Waals surface area contributed by atoms with Crippen LogP contribution in [0.3, 0.4) is 0 Å². The number of alkyl halides is 3. The van der Waals surface area contributed by atoms with Gasteiger partial charge in [0.1, 0.15) is 18.2 Å². The molecule has 0 unspecified atom stereocenters. The third-order valence-electron chi connectivity index (χ3n) is 1.99. The number of rotatable bonds is 5. The minimum Gasteiger partial charge on any atom is -0.373 e. The first-order valence-corrected chi connectivity index (χ1v) is 4.92. The number of halogens is 5. The van der Waals surface area contributed by atoms with Crippen molar-refractivity contribution in [2.24, 2.45) is 0 Å². The predicted octanol–water partition coefficient (Wildman–Crippen LogP) is 3.12. The first-order chi connectivity index (χ1) is 8.29. The van der Waals surface area contributed by atoms with Crippen LogP contribution in [0, 0.1) is 11.6 Å². The SMILES string of the molecule is O=C(COCCC(F)(F)F)c1cc(F)ccc1F. The van der Waals surface area contributed by atoms with E-state index < -0.39 is 48.8 Å². The zero-order chi connectivity index (χ0) is 13.8. The quantitative estimate of drug-likeness (QED) is 0.466. The summed E-state index contributed by atoms with van der Waals surface area (Å²) in [5.41, 5.74) is -0.540. The van der Waals surface area contributed by atoms with Crippen molar-refractivity contribution in [2.75, 3.05) is 13.2 Å². The highest BCUT2D eigenvalue weighted by atomic mass is 19.4. The molecule has 0 heterocycles. The molecule has 0 saturated carbocycles. The molecule has 0 spiro atoms. The number of Topliss-reactive ketones (excluding diaryl/α,β-unsaturated/α-hetero) is 1. The molecular weight excluding hydrogens is 259 g/mol. The van der Waals surface area contributed by atoms with Crippen LogP contribution in [0.1, 0.15) is 16.8 Å². The van der Waals surface area contributed by atoms with Crippen LogP contribution in [-0.2, 0) is 4.74 Å². The van der Waals surface area contributed by atoms with Crippen molar-refractivity contribution in [3.05, 3.63) is 35.4 Å².